The van der Waals surface area contributed by atoms with E-state index in [-0.39, 0.29) is 12.0 Å². The molecule has 0 aliphatic carbocycles. The zero-order chi connectivity index (χ0) is 20.3. The molecule has 1 fully saturated rings. The molecule has 7 heteroatoms. The largest absolute Gasteiger partial charge is 0.376 e. The molecule has 0 radical (unpaired) electrons. The third kappa shape index (κ3) is 4.19. The maximum atomic E-state index is 12.9. The van der Waals surface area contributed by atoms with E-state index in [1.165, 1.54) is 22.2 Å². The standard InChI is InChI=1S/C23H25N3O2S2/c27-22(25-10-8-21-18(14-25)9-12-29-21)16-30-23-24-13-20(17-5-2-1-3-6-17)26(23)15-19-7-4-11-28-19/h1-3,5-6,9,12-13,19H,4,7-8,10-11,14-16H2. The monoisotopic (exact) mass is 439 g/mol. The predicted octanol–water partition coefficient (Wildman–Crippen LogP) is 4.47. The van der Waals surface area contributed by atoms with Gasteiger partial charge in [0.05, 0.1) is 30.3 Å². The van der Waals surface area contributed by atoms with Crippen LogP contribution in [0.1, 0.15) is 23.3 Å². The fourth-order valence-corrected chi connectivity index (χ4v) is 5.94. The number of thioether (sulfide) groups is 1. The number of hydrogen-bond acceptors (Lipinski definition) is 5. The van der Waals surface area contributed by atoms with E-state index < -0.39 is 0 Å². The number of imidazole rings is 1. The van der Waals surface area contributed by atoms with Crippen LogP contribution in [0.3, 0.4) is 0 Å². The molecule has 1 aromatic carbocycles. The number of carbonyl (C=O) groups is 1. The van der Waals surface area contributed by atoms with Gasteiger partial charge in [0, 0.05) is 24.6 Å². The summed E-state index contributed by atoms with van der Waals surface area (Å²) in [7, 11) is 0. The van der Waals surface area contributed by atoms with Crippen LogP contribution in [0.2, 0.25) is 0 Å². The molecule has 3 aromatic rings. The van der Waals surface area contributed by atoms with Crippen molar-refractivity contribution in [2.45, 2.75) is 43.6 Å². The van der Waals surface area contributed by atoms with Crippen LogP contribution in [-0.4, -0.2) is 45.4 Å². The lowest BCUT2D eigenvalue weighted by molar-refractivity contribution is -0.129. The number of carbonyl (C=O) groups excluding carboxylic acids is 1. The van der Waals surface area contributed by atoms with Gasteiger partial charge >= 0.3 is 0 Å². The van der Waals surface area contributed by atoms with Gasteiger partial charge in [-0.15, -0.1) is 11.3 Å². The highest BCUT2D eigenvalue weighted by Crippen LogP contribution is 2.29. The second kappa shape index (κ2) is 8.96. The number of benzene rings is 1. The van der Waals surface area contributed by atoms with Crippen molar-refractivity contribution in [1.82, 2.24) is 14.5 Å². The molecule has 0 N–H and O–H groups in total. The Morgan fingerprint density at radius 3 is 3.00 bits per heavy atom. The zero-order valence-corrected chi connectivity index (χ0v) is 18.5. The van der Waals surface area contributed by atoms with Crippen molar-refractivity contribution < 1.29 is 9.53 Å². The fraction of sp³-hybridized carbons (Fsp3) is 0.391. The number of hydrogen-bond donors (Lipinski definition) is 0. The molecule has 30 heavy (non-hydrogen) atoms. The summed E-state index contributed by atoms with van der Waals surface area (Å²) in [4.78, 5) is 21.0. The zero-order valence-electron chi connectivity index (χ0n) is 16.8. The number of fused-ring (bicyclic) bond motifs is 1. The average Bonchev–Trinajstić information content (AvgIpc) is 3.54. The first-order valence-electron chi connectivity index (χ1n) is 10.5. The first-order chi connectivity index (χ1) is 14.8. The Morgan fingerprint density at radius 1 is 1.27 bits per heavy atom. The molecule has 0 bridgehead atoms. The first-order valence-corrected chi connectivity index (χ1v) is 12.3. The Morgan fingerprint density at radius 2 is 2.17 bits per heavy atom. The minimum absolute atomic E-state index is 0.185. The van der Waals surface area contributed by atoms with Gasteiger partial charge in [-0.25, -0.2) is 4.98 Å². The number of aromatic nitrogens is 2. The molecule has 4 heterocycles. The third-order valence-electron chi connectivity index (χ3n) is 5.78. The van der Waals surface area contributed by atoms with Crippen molar-refractivity contribution in [2.24, 2.45) is 0 Å². The molecule has 1 atom stereocenters. The van der Waals surface area contributed by atoms with Crippen molar-refractivity contribution in [3.8, 4) is 11.3 Å². The van der Waals surface area contributed by atoms with E-state index in [2.05, 4.69) is 33.1 Å². The SMILES string of the molecule is O=C(CSc1ncc(-c2ccccc2)n1CC1CCCO1)N1CCc2sccc2C1. The van der Waals surface area contributed by atoms with Crippen LogP contribution in [0.15, 0.2) is 53.1 Å². The summed E-state index contributed by atoms with van der Waals surface area (Å²) in [6.07, 6.45) is 5.30. The van der Waals surface area contributed by atoms with Crippen LogP contribution in [0.4, 0.5) is 0 Å². The molecular weight excluding hydrogens is 414 g/mol. The summed E-state index contributed by atoms with van der Waals surface area (Å²) in [5.74, 6) is 0.598. The summed E-state index contributed by atoms with van der Waals surface area (Å²) in [6.45, 7) is 3.16. The van der Waals surface area contributed by atoms with E-state index in [0.29, 0.717) is 5.75 Å². The molecule has 2 aromatic heterocycles. The Labute approximate surface area is 185 Å². The summed E-state index contributed by atoms with van der Waals surface area (Å²) >= 11 is 3.34. The van der Waals surface area contributed by atoms with E-state index in [0.717, 1.165) is 61.9 Å². The number of rotatable bonds is 6. The Balaban J connectivity index is 1.31. The van der Waals surface area contributed by atoms with Crippen molar-refractivity contribution in [3.63, 3.8) is 0 Å². The second-order valence-corrected chi connectivity index (χ2v) is 9.70. The molecular formula is C23H25N3O2S2. The lowest BCUT2D eigenvalue weighted by atomic mass is 10.1. The van der Waals surface area contributed by atoms with E-state index >= 15 is 0 Å². The van der Waals surface area contributed by atoms with Crippen LogP contribution in [0.25, 0.3) is 11.3 Å². The van der Waals surface area contributed by atoms with Gasteiger partial charge < -0.3 is 14.2 Å². The quantitative estimate of drug-likeness (QED) is 0.532. The van der Waals surface area contributed by atoms with E-state index in [1.54, 1.807) is 11.3 Å². The lowest BCUT2D eigenvalue weighted by Gasteiger charge is -2.27. The summed E-state index contributed by atoms with van der Waals surface area (Å²) in [5, 5.41) is 3.02. The number of nitrogens with zero attached hydrogens (tertiary/aromatic N) is 3. The molecule has 2 aliphatic rings. The fourth-order valence-electron chi connectivity index (χ4n) is 4.16. The Bertz CT molecular complexity index is 1010. The van der Waals surface area contributed by atoms with Gasteiger partial charge in [0.1, 0.15) is 0 Å². The van der Waals surface area contributed by atoms with E-state index in [9.17, 15) is 4.79 Å². The first kappa shape index (κ1) is 19.8. The highest BCUT2D eigenvalue weighted by Gasteiger charge is 2.24. The van der Waals surface area contributed by atoms with Gasteiger partial charge in [-0.3, -0.25) is 4.79 Å². The summed E-state index contributed by atoms with van der Waals surface area (Å²) < 4.78 is 8.12. The number of ether oxygens (including phenoxy) is 1. The number of amides is 1. The maximum Gasteiger partial charge on any atom is 0.233 e. The van der Waals surface area contributed by atoms with E-state index in [4.69, 9.17) is 4.74 Å². The topological polar surface area (TPSA) is 47.4 Å². The van der Waals surface area contributed by atoms with Crippen molar-refractivity contribution in [2.75, 3.05) is 18.9 Å². The second-order valence-electron chi connectivity index (χ2n) is 7.76. The summed E-state index contributed by atoms with van der Waals surface area (Å²) in [6, 6.07) is 12.5. The van der Waals surface area contributed by atoms with Gasteiger partial charge in [0.15, 0.2) is 5.16 Å². The van der Waals surface area contributed by atoms with Crippen molar-refractivity contribution in [1.29, 1.82) is 0 Å². The van der Waals surface area contributed by atoms with Crippen LogP contribution >= 0.6 is 23.1 Å². The molecule has 1 unspecified atom stereocenters. The Hall–Kier alpha value is -2.09. The van der Waals surface area contributed by atoms with Gasteiger partial charge in [0.2, 0.25) is 5.91 Å². The van der Waals surface area contributed by atoms with Gasteiger partial charge in [-0.1, -0.05) is 42.1 Å². The van der Waals surface area contributed by atoms with Crippen molar-refractivity contribution in [3.05, 3.63) is 58.4 Å². The molecule has 2 aliphatic heterocycles. The summed E-state index contributed by atoms with van der Waals surface area (Å²) in [5.41, 5.74) is 3.53. The Kier molecular flexibility index (Phi) is 5.93. The van der Waals surface area contributed by atoms with Crippen LogP contribution in [0.5, 0.6) is 0 Å². The highest BCUT2D eigenvalue weighted by molar-refractivity contribution is 7.99. The minimum Gasteiger partial charge on any atom is -0.376 e. The molecule has 1 amide bonds. The molecule has 0 spiro atoms. The maximum absolute atomic E-state index is 12.9. The number of thiophene rings is 1. The van der Waals surface area contributed by atoms with Gasteiger partial charge in [-0.05, 0) is 41.8 Å². The highest BCUT2D eigenvalue weighted by atomic mass is 32.2. The molecule has 0 saturated carbocycles. The van der Waals surface area contributed by atoms with Crippen LogP contribution in [-0.2, 0) is 29.0 Å². The smallest absolute Gasteiger partial charge is 0.233 e. The van der Waals surface area contributed by atoms with Gasteiger partial charge in [0.25, 0.3) is 0 Å². The van der Waals surface area contributed by atoms with Crippen molar-refractivity contribution >= 4 is 29.0 Å². The predicted molar refractivity (Wildman–Crippen MR) is 121 cm³/mol. The van der Waals surface area contributed by atoms with E-state index in [1.807, 2.05) is 29.3 Å². The molecule has 1 saturated heterocycles. The van der Waals surface area contributed by atoms with Crippen LogP contribution in [0, 0.1) is 0 Å². The minimum atomic E-state index is 0.185. The third-order valence-corrected chi connectivity index (χ3v) is 7.78. The van der Waals surface area contributed by atoms with Crippen LogP contribution < -0.4 is 0 Å². The lowest BCUT2D eigenvalue weighted by Crippen LogP contribution is -2.36. The molecule has 5 rings (SSSR count). The average molecular weight is 440 g/mol. The van der Waals surface area contributed by atoms with Gasteiger partial charge in [-0.2, -0.15) is 0 Å². The molecule has 156 valence electrons. The molecule has 5 nitrogen and oxygen atoms in total. The normalized spacial score (nSPS) is 18.5.